The molecule has 2 fully saturated rings. The summed E-state index contributed by atoms with van der Waals surface area (Å²) in [5.74, 6) is 2.56. The van der Waals surface area contributed by atoms with E-state index in [2.05, 4.69) is 69.0 Å². The minimum absolute atomic E-state index is 0.297. The van der Waals surface area contributed by atoms with Crippen molar-refractivity contribution in [3.63, 3.8) is 0 Å². The molecule has 0 saturated carbocycles. The number of aromatic nitrogens is 2. The Balaban J connectivity index is 1.53. The van der Waals surface area contributed by atoms with Crippen molar-refractivity contribution >= 4 is 5.96 Å². The summed E-state index contributed by atoms with van der Waals surface area (Å²) in [4.78, 5) is 14.5. The fourth-order valence-corrected chi connectivity index (χ4v) is 5.00. The first-order valence-corrected chi connectivity index (χ1v) is 12.1. The van der Waals surface area contributed by atoms with Crippen molar-refractivity contribution < 1.29 is 4.74 Å². The van der Waals surface area contributed by atoms with E-state index in [0.717, 1.165) is 57.4 Å². The molecule has 4 rings (SSSR count). The number of nitrogens with one attached hydrogen (secondary N) is 1. The third-order valence-electron chi connectivity index (χ3n) is 6.96. The number of ether oxygens (including phenoxy) is 1. The molecular weight excluding hydrogens is 400 g/mol. The summed E-state index contributed by atoms with van der Waals surface area (Å²) < 4.78 is 7.62. The second-order valence-corrected chi connectivity index (χ2v) is 9.02. The van der Waals surface area contributed by atoms with E-state index < -0.39 is 0 Å². The summed E-state index contributed by atoms with van der Waals surface area (Å²) in [7, 11) is 1.72. The highest BCUT2D eigenvalue weighted by molar-refractivity contribution is 5.80. The number of rotatable bonds is 7. The van der Waals surface area contributed by atoms with Crippen molar-refractivity contribution in [3.05, 3.63) is 48.5 Å². The molecule has 0 bridgehead atoms. The molecule has 2 saturated heterocycles. The number of nitrogens with zero attached hydrogens (tertiary/aromatic N) is 5. The van der Waals surface area contributed by atoms with Gasteiger partial charge in [-0.3, -0.25) is 9.89 Å². The van der Waals surface area contributed by atoms with Crippen LogP contribution < -0.4 is 10.1 Å². The first-order valence-electron chi connectivity index (χ1n) is 12.1. The second-order valence-electron chi connectivity index (χ2n) is 9.02. The Morgan fingerprint density at radius 1 is 1.22 bits per heavy atom. The van der Waals surface area contributed by atoms with Gasteiger partial charge in [0, 0.05) is 32.0 Å². The highest BCUT2D eigenvalue weighted by atomic mass is 16.5. The molecule has 0 spiro atoms. The summed E-state index contributed by atoms with van der Waals surface area (Å²) in [6.45, 7) is 10.4. The third-order valence-corrected chi connectivity index (χ3v) is 6.96. The Labute approximate surface area is 192 Å². The van der Waals surface area contributed by atoms with E-state index in [9.17, 15) is 0 Å². The topological polar surface area (TPSA) is 57.9 Å². The molecule has 3 heterocycles. The normalized spacial score (nSPS) is 23.3. The Morgan fingerprint density at radius 2 is 2.00 bits per heavy atom. The van der Waals surface area contributed by atoms with Gasteiger partial charge in [-0.2, -0.15) is 0 Å². The monoisotopic (exact) mass is 438 g/mol. The minimum Gasteiger partial charge on any atom is -0.497 e. The van der Waals surface area contributed by atoms with Crippen LogP contribution in [0.25, 0.3) is 0 Å². The van der Waals surface area contributed by atoms with Crippen molar-refractivity contribution in [2.75, 3.05) is 46.4 Å². The van der Waals surface area contributed by atoms with Gasteiger partial charge < -0.3 is 19.5 Å². The highest BCUT2D eigenvalue weighted by Gasteiger charge is 2.29. The average Bonchev–Trinajstić information content (AvgIpc) is 3.54. The molecule has 7 nitrogen and oxygen atoms in total. The van der Waals surface area contributed by atoms with Crippen LogP contribution >= 0.6 is 0 Å². The first-order chi connectivity index (χ1) is 15.7. The lowest BCUT2D eigenvalue weighted by Gasteiger charge is -2.39. The van der Waals surface area contributed by atoms with Crippen LogP contribution in [-0.2, 0) is 0 Å². The van der Waals surface area contributed by atoms with Gasteiger partial charge in [0.15, 0.2) is 5.96 Å². The minimum atomic E-state index is 0.297. The van der Waals surface area contributed by atoms with E-state index in [1.807, 2.05) is 12.5 Å². The lowest BCUT2D eigenvalue weighted by Crippen LogP contribution is -2.49. The quantitative estimate of drug-likeness (QED) is 0.529. The van der Waals surface area contributed by atoms with Crippen LogP contribution in [0.4, 0.5) is 0 Å². The van der Waals surface area contributed by atoms with Gasteiger partial charge in [0.25, 0.3) is 0 Å². The molecule has 32 heavy (non-hydrogen) atoms. The van der Waals surface area contributed by atoms with Gasteiger partial charge in [-0.1, -0.05) is 19.1 Å². The van der Waals surface area contributed by atoms with Gasteiger partial charge >= 0.3 is 0 Å². The molecule has 2 aromatic rings. The van der Waals surface area contributed by atoms with Crippen molar-refractivity contribution in [1.29, 1.82) is 0 Å². The van der Waals surface area contributed by atoms with E-state index in [0.29, 0.717) is 18.0 Å². The van der Waals surface area contributed by atoms with Crippen LogP contribution in [0.2, 0.25) is 0 Å². The van der Waals surface area contributed by atoms with E-state index in [-0.39, 0.29) is 0 Å². The van der Waals surface area contributed by atoms with Crippen LogP contribution in [-0.4, -0.2) is 71.7 Å². The van der Waals surface area contributed by atoms with Gasteiger partial charge in [0.05, 0.1) is 32.1 Å². The predicted molar refractivity (Wildman–Crippen MR) is 129 cm³/mol. The Hall–Kier alpha value is -2.54. The maximum atomic E-state index is 5.37. The second kappa shape index (κ2) is 10.9. The van der Waals surface area contributed by atoms with Crippen LogP contribution in [0.5, 0.6) is 5.75 Å². The number of guanidine groups is 1. The Bertz CT molecular complexity index is 844. The average molecular weight is 439 g/mol. The largest absolute Gasteiger partial charge is 0.497 e. The maximum absolute atomic E-state index is 5.37. The maximum Gasteiger partial charge on any atom is 0.194 e. The number of piperidine rings is 1. The van der Waals surface area contributed by atoms with Gasteiger partial charge in [-0.25, -0.2) is 4.98 Å². The fourth-order valence-electron chi connectivity index (χ4n) is 5.00. The molecule has 2 aliphatic heterocycles. The van der Waals surface area contributed by atoms with Gasteiger partial charge in [0.1, 0.15) is 5.75 Å². The van der Waals surface area contributed by atoms with Gasteiger partial charge in [-0.15, -0.1) is 0 Å². The molecule has 1 aromatic heterocycles. The molecule has 0 amide bonds. The number of hydrogen-bond donors (Lipinski definition) is 1. The van der Waals surface area contributed by atoms with E-state index >= 15 is 0 Å². The lowest BCUT2D eigenvalue weighted by molar-refractivity contribution is 0.188. The Kier molecular flexibility index (Phi) is 7.68. The van der Waals surface area contributed by atoms with Crippen molar-refractivity contribution in [1.82, 2.24) is 24.7 Å². The highest BCUT2D eigenvalue weighted by Crippen LogP contribution is 2.29. The standard InChI is InChI=1S/C25H38N6O/c1-4-27-25(30-15-11-20(2)24(18-30)31-16-12-26-19-31)28-17-23(29-13-5-6-14-29)21-7-9-22(32-3)10-8-21/h7-10,12,16,19-20,23-24H,4-6,11,13-15,17-18H2,1-3H3,(H,27,28). The zero-order valence-electron chi connectivity index (χ0n) is 19.8. The smallest absolute Gasteiger partial charge is 0.194 e. The number of aliphatic imine (C=N–C) groups is 1. The fraction of sp³-hybridized carbons (Fsp3) is 0.600. The van der Waals surface area contributed by atoms with Crippen LogP contribution in [0, 0.1) is 5.92 Å². The molecule has 3 unspecified atom stereocenters. The van der Waals surface area contributed by atoms with Crippen molar-refractivity contribution in [2.24, 2.45) is 10.9 Å². The molecule has 7 heteroatoms. The zero-order chi connectivity index (χ0) is 22.3. The molecule has 1 N–H and O–H groups in total. The van der Waals surface area contributed by atoms with Crippen molar-refractivity contribution in [3.8, 4) is 5.75 Å². The summed E-state index contributed by atoms with van der Waals surface area (Å²) >= 11 is 0. The number of likely N-dealkylation sites (tertiary alicyclic amines) is 2. The molecule has 174 valence electrons. The zero-order valence-corrected chi connectivity index (χ0v) is 19.8. The third kappa shape index (κ3) is 5.26. The van der Waals surface area contributed by atoms with E-state index in [1.54, 1.807) is 7.11 Å². The first kappa shape index (κ1) is 22.6. The predicted octanol–water partition coefficient (Wildman–Crippen LogP) is 3.58. The number of benzene rings is 1. The molecular formula is C25H38N6O. The summed E-state index contributed by atoms with van der Waals surface area (Å²) in [5.41, 5.74) is 1.32. The Morgan fingerprint density at radius 3 is 2.66 bits per heavy atom. The lowest BCUT2D eigenvalue weighted by atomic mass is 9.93. The van der Waals surface area contributed by atoms with Gasteiger partial charge in [-0.05, 0) is 62.9 Å². The van der Waals surface area contributed by atoms with E-state index in [4.69, 9.17) is 9.73 Å². The van der Waals surface area contributed by atoms with Crippen LogP contribution in [0.3, 0.4) is 0 Å². The molecule has 0 radical (unpaired) electrons. The SMILES string of the molecule is CCNC(=NCC(c1ccc(OC)cc1)N1CCCC1)N1CCC(C)C(n2ccnc2)C1. The summed E-state index contributed by atoms with van der Waals surface area (Å²) in [5, 5.41) is 3.56. The molecule has 2 aliphatic rings. The van der Waals surface area contributed by atoms with Crippen LogP contribution in [0.15, 0.2) is 48.0 Å². The van der Waals surface area contributed by atoms with Crippen molar-refractivity contribution in [2.45, 2.75) is 45.2 Å². The number of methoxy groups -OCH3 is 1. The number of hydrogen-bond acceptors (Lipinski definition) is 4. The summed E-state index contributed by atoms with van der Waals surface area (Å²) in [6, 6.07) is 9.24. The number of imidazole rings is 1. The molecule has 3 atom stereocenters. The summed E-state index contributed by atoms with van der Waals surface area (Å²) in [6.07, 6.45) is 9.60. The van der Waals surface area contributed by atoms with Crippen LogP contribution in [0.1, 0.15) is 50.8 Å². The molecule has 0 aliphatic carbocycles. The van der Waals surface area contributed by atoms with E-state index in [1.165, 1.54) is 18.4 Å². The molecule has 1 aromatic carbocycles. The van der Waals surface area contributed by atoms with Gasteiger partial charge in [0.2, 0.25) is 0 Å².